The molecule has 3 N–H and O–H groups in total. The second-order valence-corrected chi connectivity index (χ2v) is 12.4. The van der Waals surface area contributed by atoms with E-state index in [2.05, 4.69) is 9.97 Å². The van der Waals surface area contributed by atoms with Gasteiger partial charge in [-0.2, -0.15) is 0 Å². The molecule has 2 atom stereocenters. The topological polar surface area (TPSA) is 119 Å². The number of pyridine rings is 1. The molecule has 0 saturated heterocycles. The number of aliphatic hydroxyl groups is 1. The van der Waals surface area contributed by atoms with Crippen LogP contribution in [0.25, 0.3) is 0 Å². The molecule has 2 aliphatic rings. The molecule has 0 bridgehead atoms. The normalized spacial score (nSPS) is 20.3. The highest BCUT2D eigenvalue weighted by atomic mass is 35.5. The lowest BCUT2D eigenvalue weighted by Gasteiger charge is -2.40. The van der Waals surface area contributed by atoms with Crippen molar-refractivity contribution >= 4 is 46.4 Å². The van der Waals surface area contributed by atoms with Crippen LogP contribution in [0.4, 0.5) is 4.39 Å². The number of carbonyl (C=O) groups excluding carboxylic acids is 2. The third-order valence-electron chi connectivity index (χ3n) is 8.06. The van der Waals surface area contributed by atoms with Crippen LogP contribution in [0.3, 0.4) is 0 Å². The summed E-state index contributed by atoms with van der Waals surface area (Å²) in [6.45, 7) is 1.25. The fourth-order valence-electron chi connectivity index (χ4n) is 5.33. The van der Waals surface area contributed by atoms with Crippen LogP contribution in [0.2, 0.25) is 10.0 Å². The Balaban J connectivity index is 1.57. The average Bonchev–Trinajstić information content (AvgIpc) is 3.46. The summed E-state index contributed by atoms with van der Waals surface area (Å²) >= 11 is 13.6. The van der Waals surface area contributed by atoms with Crippen molar-refractivity contribution in [3.63, 3.8) is 0 Å². The highest BCUT2D eigenvalue weighted by molar-refractivity contribution is 7.07. The molecule has 0 spiro atoms. The number of benzene rings is 2. The van der Waals surface area contributed by atoms with Crippen molar-refractivity contribution in [2.75, 3.05) is 6.61 Å². The Bertz CT molecular complexity index is 1680. The van der Waals surface area contributed by atoms with E-state index >= 15 is 4.39 Å². The monoisotopic (exact) mass is 626 g/mol. The van der Waals surface area contributed by atoms with Gasteiger partial charge in [0.1, 0.15) is 11.4 Å². The molecule has 1 saturated carbocycles. The van der Waals surface area contributed by atoms with Crippen LogP contribution >= 0.6 is 34.5 Å². The number of primary amides is 1. The zero-order chi connectivity index (χ0) is 29.9. The first-order chi connectivity index (χ1) is 20.0. The maximum atomic E-state index is 16.6. The largest absolute Gasteiger partial charge is 0.379 e. The van der Waals surface area contributed by atoms with Crippen molar-refractivity contribution in [3.05, 3.63) is 115 Å². The predicted molar refractivity (Wildman–Crippen MR) is 155 cm³/mol. The number of rotatable bonds is 9. The minimum absolute atomic E-state index is 0.00617. The van der Waals surface area contributed by atoms with Gasteiger partial charge in [-0.15, -0.1) is 11.3 Å². The van der Waals surface area contributed by atoms with E-state index in [1.165, 1.54) is 41.5 Å². The van der Waals surface area contributed by atoms with Gasteiger partial charge < -0.3 is 15.6 Å². The summed E-state index contributed by atoms with van der Waals surface area (Å²) in [6, 6.07) is 12.5. The molecule has 8 nitrogen and oxygen atoms in total. The Morgan fingerprint density at radius 3 is 2.48 bits per heavy atom. The lowest BCUT2D eigenvalue weighted by molar-refractivity contribution is -0.142. The van der Waals surface area contributed by atoms with Crippen LogP contribution < -0.4 is 5.73 Å². The lowest BCUT2D eigenvalue weighted by Crippen LogP contribution is -2.48. The van der Waals surface area contributed by atoms with Crippen molar-refractivity contribution in [1.82, 2.24) is 14.9 Å². The molecule has 2 amide bonds. The van der Waals surface area contributed by atoms with Crippen LogP contribution in [0.1, 0.15) is 58.2 Å². The minimum atomic E-state index is -1.82. The molecule has 3 heterocycles. The summed E-state index contributed by atoms with van der Waals surface area (Å²) < 4.78 is 23.2. The van der Waals surface area contributed by atoms with Gasteiger partial charge in [-0.1, -0.05) is 35.3 Å². The van der Waals surface area contributed by atoms with Gasteiger partial charge >= 0.3 is 0 Å². The first-order valence-corrected chi connectivity index (χ1v) is 14.8. The second kappa shape index (κ2) is 10.4. The number of amides is 2. The molecule has 6 rings (SSSR count). The lowest BCUT2D eigenvalue weighted by atomic mass is 9.87. The van der Waals surface area contributed by atoms with Crippen molar-refractivity contribution in [3.8, 4) is 0 Å². The Hall–Kier alpha value is -3.41. The number of nitrogens with zero attached hydrogens (tertiary/aromatic N) is 3. The quantitative estimate of drug-likeness (QED) is 0.257. The van der Waals surface area contributed by atoms with Crippen LogP contribution in [0, 0.1) is 11.2 Å². The fourth-order valence-corrected chi connectivity index (χ4v) is 6.23. The van der Waals surface area contributed by atoms with E-state index in [-0.39, 0.29) is 29.8 Å². The van der Waals surface area contributed by atoms with Gasteiger partial charge in [0.05, 0.1) is 51.6 Å². The standard InChI is InChI=1S/C30H25Cl2FN4O4S/c1-28(40,24-14-42-16-36-24)18-10-22-25(23(33)11-18)30(17-2-4-19(31)5-3-17,41-15-29(8-9-29)27(34)39)37(26(22)38)13-21-7-6-20(32)12-35-21/h2-7,10-12,14,16,40H,8-9,13,15H2,1H3,(H2,34,39)/t28?,30-/m1/s1. The average molecular weight is 628 g/mol. The molecule has 4 aromatic rings. The van der Waals surface area contributed by atoms with Crippen LogP contribution in [-0.4, -0.2) is 38.4 Å². The number of ether oxygens (including phenoxy) is 1. The highest BCUT2D eigenvalue weighted by Crippen LogP contribution is 2.52. The molecular formula is C30H25Cl2FN4O4S. The molecule has 1 aliphatic heterocycles. The summed E-state index contributed by atoms with van der Waals surface area (Å²) in [5, 5.41) is 13.9. The molecule has 1 aliphatic carbocycles. The summed E-state index contributed by atoms with van der Waals surface area (Å²) in [4.78, 5) is 36.6. The third kappa shape index (κ3) is 4.67. The summed E-state index contributed by atoms with van der Waals surface area (Å²) in [7, 11) is 0. The molecule has 2 aromatic carbocycles. The molecule has 12 heteroatoms. The zero-order valence-corrected chi connectivity index (χ0v) is 24.6. The number of aromatic nitrogens is 2. The molecule has 1 unspecified atom stereocenters. The van der Waals surface area contributed by atoms with E-state index < -0.39 is 34.4 Å². The number of carbonyl (C=O) groups is 2. The second-order valence-electron chi connectivity index (χ2n) is 10.8. The van der Waals surface area contributed by atoms with Crippen LogP contribution in [-0.2, 0) is 27.4 Å². The SMILES string of the molecule is CC(O)(c1cc(F)c2c(c1)C(=O)N(Cc1ccc(Cl)cn1)[C@@]2(OCC1(C(N)=O)CC1)c1ccc(Cl)cc1)c1cscn1. The molecule has 42 heavy (non-hydrogen) atoms. The van der Waals surface area contributed by atoms with E-state index in [1.54, 1.807) is 47.3 Å². The molecule has 0 radical (unpaired) electrons. The smallest absolute Gasteiger partial charge is 0.257 e. The van der Waals surface area contributed by atoms with Gasteiger partial charge in [-0.25, -0.2) is 9.37 Å². The first-order valence-electron chi connectivity index (χ1n) is 13.1. The van der Waals surface area contributed by atoms with Crippen LogP contribution in [0.5, 0.6) is 0 Å². The van der Waals surface area contributed by atoms with Gasteiger partial charge in [0.15, 0.2) is 5.72 Å². The molecule has 2 aromatic heterocycles. The number of nitrogens with two attached hydrogens (primary N) is 1. The molecular weight excluding hydrogens is 602 g/mol. The van der Waals surface area contributed by atoms with Gasteiger partial charge in [0.25, 0.3) is 5.91 Å². The van der Waals surface area contributed by atoms with Crippen molar-refractivity contribution in [1.29, 1.82) is 0 Å². The van der Waals surface area contributed by atoms with Crippen molar-refractivity contribution < 1.29 is 23.8 Å². The first kappa shape index (κ1) is 28.7. The van der Waals surface area contributed by atoms with Crippen LogP contribution in [0.15, 0.2) is 65.6 Å². The minimum Gasteiger partial charge on any atom is -0.379 e. The Labute approximate surface area is 254 Å². The summed E-state index contributed by atoms with van der Waals surface area (Å²) in [5.41, 5.74) is 4.11. The number of hydrogen-bond acceptors (Lipinski definition) is 7. The maximum Gasteiger partial charge on any atom is 0.257 e. The number of hydrogen-bond donors (Lipinski definition) is 2. The highest BCUT2D eigenvalue weighted by Gasteiger charge is 2.58. The predicted octanol–water partition coefficient (Wildman–Crippen LogP) is 5.38. The van der Waals surface area contributed by atoms with E-state index in [1.807, 2.05) is 0 Å². The third-order valence-corrected chi connectivity index (χ3v) is 9.12. The maximum absolute atomic E-state index is 16.6. The van der Waals surface area contributed by atoms with Gasteiger partial charge in [0, 0.05) is 22.2 Å². The Morgan fingerprint density at radius 1 is 1.17 bits per heavy atom. The fraction of sp³-hybridized carbons (Fsp3) is 0.267. The van der Waals surface area contributed by atoms with Crippen molar-refractivity contribution in [2.24, 2.45) is 11.1 Å². The van der Waals surface area contributed by atoms with Crippen molar-refractivity contribution in [2.45, 2.75) is 37.6 Å². The number of halogens is 3. The van der Waals surface area contributed by atoms with Gasteiger partial charge in [-0.05, 0) is 61.7 Å². The molecule has 1 fully saturated rings. The van der Waals surface area contributed by atoms with Gasteiger partial charge in [-0.3, -0.25) is 19.5 Å². The van der Waals surface area contributed by atoms with E-state index in [0.29, 0.717) is 39.8 Å². The Morgan fingerprint density at radius 2 is 1.88 bits per heavy atom. The number of fused-ring (bicyclic) bond motifs is 1. The number of thiazole rings is 1. The molecule has 216 valence electrons. The van der Waals surface area contributed by atoms with Gasteiger partial charge in [0.2, 0.25) is 5.91 Å². The summed E-state index contributed by atoms with van der Waals surface area (Å²) in [5.74, 6) is -1.87. The zero-order valence-electron chi connectivity index (χ0n) is 22.3. The van der Waals surface area contributed by atoms with E-state index in [0.717, 1.165) is 0 Å². The van der Waals surface area contributed by atoms with E-state index in [4.69, 9.17) is 33.7 Å². The Kier molecular flexibility index (Phi) is 7.10. The van der Waals surface area contributed by atoms with E-state index in [9.17, 15) is 14.7 Å². The summed E-state index contributed by atoms with van der Waals surface area (Å²) in [6.07, 6.45) is 2.47.